The zero-order valence-corrected chi connectivity index (χ0v) is 22.4. The van der Waals surface area contributed by atoms with Crippen molar-refractivity contribution in [3.05, 3.63) is 89.7 Å². The van der Waals surface area contributed by atoms with Gasteiger partial charge < -0.3 is 14.0 Å². The lowest BCUT2D eigenvalue weighted by Crippen LogP contribution is -2.30. The Balaban J connectivity index is 1.70. The van der Waals surface area contributed by atoms with E-state index in [2.05, 4.69) is 11.6 Å². The number of thiazole rings is 1. The number of allylic oxidation sites excluding steroid dienone is 1. The number of methoxy groups -OCH3 is 2. The van der Waals surface area contributed by atoms with Crippen molar-refractivity contribution in [2.24, 2.45) is 4.99 Å². The highest BCUT2D eigenvalue weighted by atomic mass is 32.2. The summed E-state index contributed by atoms with van der Waals surface area (Å²) in [6, 6.07) is 18.4. The molecule has 37 heavy (non-hydrogen) atoms. The molecular formula is C27H27N3O5S2. The minimum absolute atomic E-state index is 0.0949. The lowest BCUT2D eigenvalue weighted by molar-refractivity contribution is 0.0997. The third-order valence-corrected chi connectivity index (χ3v) is 8.68. The minimum atomic E-state index is -3.80. The Kier molecular flexibility index (Phi) is 7.80. The van der Waals surface area contributed by atoms with Gasteiger partial charge in [-0.05, 0) is 43.3 Å². The summed E-state index contributed by atoms with van der Waals surface area (Å²) in [6.45, 7) is 6.29. The molecule has 1 aromatic heterocycles. The van der Waals surface area contributed by atoms with Crippen LogP contribution < -0.4 is 18.6 Å². The summed E-state index contributed by atoms with van der Waals surface area (Å²) in [6.07, 6.45) is 1.72. The number of carbonyl (C=O) groups is 1. The summed E-state index contributed by atoms with van der Waals surface area (Å²) >= 11 is 1.34. The number of anilines is 1. The summed E-state index contributed by atoms with van der Waals surface area (Å²) in [5, 5.41) is 0. The zero-order chi connectivity index (χ0) is 26.6. The van der Waals surface area contributed by atoms with E-state index in [9.17, 15) is 13.2 Å². The van der Waals surface area contributed by atoms with Crippen LogP contribution in [0.3, 0.4) is 0 Å². The van der Waals surface area contributed by atoms with Gasteiger partial charge in [0.1, 0.15) is 0 Å². The van der Waals surface area contributed by atoms with E-state index in [0.29, 0.717) is 28.5 Å². The van der Waals surface area contributed by atoms with Gasteiger partial charge in [-0.1, -0.05) is 35.6 Å². The van der Waals surface area contributed by atoms with Crippen LogP contribution in [0.2, 0.25) is 0 Å². The molecular weight excluding hydrogens is 510 g/mol. The minimum Gasteiger partial charge on any atom is -0.493 e. The van der Waals surface area contributed by atoms with Gasteiger partial charge in [0.15, 0.2) is 16.3 Å². The van der Waals surface area contributed by atoms with Crippen LogP contribution in [0.25, 0.3) is 10.2 Å². The molecule has 3 aromatic carbocycles. The highest BCUT2D eigenvalue weighted by molar-refractivity contribution is 7.92. The molecule has 0 N–H and O–H groups in total. The average molecular weight is 538 g/mol. The summed E-state index contributed by atoms with van der Waals surface area (Å²) in [5.74, 6) is 0.660. The topological polar surface area (TPSA) is 90.2 Å². The summed E-state index contributed by atoms with van der Waals surface area (Å²) in [7, 11) is -0.671. The Morgan fingerprint density at radius 2 is 1.70 bits per heavy atom. The predicted octanol–water partition coefficient (Wildman–Crippen LogP) is 4.86. The van der Waals surface area contributed by atoms with E-state index >= 15 is 0 Å². The number of hydrogen-bond acceptors (Lipinski definition) is 6. The van der Waals surface area contributed by atoms with Gasteiger partial charge in [0.25, 0.3) is 15.9 Å². The van der Waals surface area contributed by atoms with E-state index in [0.717, 1.165) is 10.2 Å². The van der Waals surface area contributed by atoms with Crippen molar-refractivity contribution in [3.8, 4) is 11.5 Å². The molecule has 0 aliphatic carbocycles. The molecule has 0 atom stereocenters. The fraction of sp³-hybridized carbons (Fsp3) is 0.185. The first-order chi connectivity index (χ1) is 17.8. The van der Waals surface area contributed by atoms with Crippen LogP contribution in [0.1, 0.15) is 17.3 Å². The fourth-order valence-electron chi connectivity index (χ4n) is 3.92. The number of rotatable bonds is 9. The lowest BCUT2D eigenvalue weighted by Gasteiger charge is -2.22. The van der Waals surface area contributed by atoms with E-state index in [1.807, 2.05) is 22.8 Å². The second-order valence-corrected chi connectivity index (χ2v) is 10.8. The van der Waals surface area contributed by atoms with Crippen molar-refractivity contribution in [2.45, 2.75) is 18.4 Å². The molecule has 0 aliphatic heterocycles. The van der Waals surface area contributed by atoms with Gasteiger partial charge in [0.05, 0.1) is 35.0 Å². The van der Waals surface area contributed by atoms with Gasteiger partial charge in [0.2, 0.25) is 0 Å². The first-order valence-corrected chi connectivity index (χ1v) is 13.7. The second-order valence-electron chi connectivity index (χ2n) is 7.91. The molecule has 4 aromatic rings. The molecule has 1 heterocycles. The van der Waals surface area contributed by atoms with Crippen LogP contribution in [0, 0.1) is 0 Å². The van der Waals surface area contributed by atoms with E-state index in [-0.39, 0.29) is 17.0 Å². The molecule has 0 radical (unpaired) electrons. The Morgan fingerprint density at radius 3 is 2.30 bits per heavy atom. The smallest absolute Gasteiger partial charge is 0.279 e. The Morgan fingerprint density at radius 1 is 1.05 bits per heavy atom. The van der Waals surface area contributed by atoms with Crippen molar-refractivity contribution in [3.63, 3.8) is 0 Å². The Hall–Kier alpha value is -3.89. The first kappa shape index (κ1) is 26.2. The summed E-state index contributed by atoms with van der Waals surface area (Å²) in [4.78, 5) is 18.0. The number of ether oxygens (including phenoxy) is 2. The normalized spacial score (nSPS) is 11.9. The number of sulfonamides is 1. The maximum Gasteiger partial charge on any atom is 0.279 e. The fourth-order valence-corrected chi connectivity index (χ4v) is 6.44. The molecule has 8 nitrogen and oxygen atoms in total. The van der Waals surface area contributed by atoms with E-state index in [1.165, 1.54) is 39.9 Å². The quantitative estimate of drug-likeness (QED) is 0.285. The highest BCUT2D eigenvalue weighted by Gasteiger charge is 2.23. The number of carbonyl (C=O) groups excluding carboxylic acids is 1. The number of benzene rings is 3. The number of hydrogen-bond donors (Lipinski definition) is 0. The van der Waals surface area contributed by atoms with Crippen molar-refractivity contribution in [1.82, 2.24) is 4.57 Å². The number of fused-ring (bicyclic) bond motifs is 1. The Bertz CT molecular complexity index is 1610. The molecule has 0 fully saturated rings. The molecule has 0 saturated heterocycles. The largest absolute Gasteiger partial charge is 0.493 e. The van der Waals surface area contributed by atoms with Crippen LogP contribution in [0.5, 0.6) is 11.5 Å². The molecule has 0 spiro atoms. The second kappa shape index (κ2) is 11.0. The lowest BCUT2D eigenvalue weighted by atomic mass is 10.2. The van der Waals surface area contributed by atoms with Crippen molar-refractivity contribution in [2.75, 3.05) is 25.1 Å². The van der Waals surface area contributed by atoms with Crippen LogP contribution in [0.4, 0.5) is 5.69 Å². The first-order valence-electron chi connectivity index (χ1n) is 11.5. The Labute approximate surface area is 219 Å². The number of amides is 1. The highest BCUT2D eigenvalue weighted by Crippen LogP contribution is 2.33. The van der Waals surface area contributed by atoms with Crippen molar-refractivity contribution < 1.29 is 22.7 Å². The van der Waals surface area contributed by atoms with Gasteiger partial charge in [-0.25, -0.2) is 8.42 Å². The van der Waals surface area contributed by atoms with Gasteiger partial charge >= 0.3 is 0 Å². The molecule has 4 rings (SSSR count). The molecule has 0 aliphatic rings. The molecule has 0 saturated carbocycles. The van der Waals surface area contributed by atoms with Crippen LogP contribution >= 0.6 is 11.3 Å². The average Bonchev–Trinajstić information content (AvgIpc) is 3.24. The van der Waals surface area contributed by atoms with E-state index < -0.39 is 15.9 Å². The zero-order valence-electron chi connectivity index (χ0n) is 20.7. The van der Waals surface area contributed by atoms with Gasteiger partial charge in [-0.3, -0.25) is 9.10 Å². The van der Waals surface area contributed by atoms with E-state index in [1.54, 1.807) is 51.5 Å². The van der Waals surface area contributed by atoms with Gasteiger partial charge in [-0.2, -0.15) is 4.99 Å². The molecule has 1 amide bonds. The molecule has 192 valence electrons. The standard InChI is InChI=1S/C27H27N3O5S2/c1-5-16-29-22-17-23(34-3)24(35-4)18-25(22)36-27(29)28-26(31)19-12-14-21(15-13-19)37(32,33)30(6-2)20-10-8-7-9-11-20/h5,7-15,17-18H,1,6,16H2,2-4H3. The maximum atomic E-state index is 13.2. The molecule has 0 unspecified atom stereocenters. The number of aromatic nitrogens is 1. The van der Waals surface area contributed by atoms with Crippen LogP contribution in [-0.4, -0.2) is 39.7 Å². The monoisotopic (exact) mass is 537 g/mol. The SMILES string of the molecule is C=CCn1c(=NC(=O)c2ccc(S(=O)(=O)N(CC)c3ccccc3)cc2)sc2cc(OC)c(OC)cc21. The number of nitrogens with zero attached hydrogens (tertiary/aromatic N) is 3. The maximum absolute atomic E-state index is 13.2. The summed E-state index contributed by atoms with van der Waals surface area (Å²) < 4.78 is 41.4. The number of para-hydroxylation sites is 1. The van der Waals surface area contributed by atoms with E-state index in [4.69, 9.17) is 9.47 Å². The third-order valence-electron chi connectivity index (χ3n) is 5.72. The summed E-state index contributed by atoms with van der Waals surface area (Å²) in [5.41, 5.74) is 1.68. The molecule has 10 heteroatoms. The van der Waals surface area contributed by atoms with Crippen molar-refractivity contribution >= 4 is 43.2 Å². The van der Waals surface area contributed by atoms with Crippen molar-refractivity contribution in [1.29, 1.82) is 0 Å². The van der Waals surface area contributed by atoms with Crippen LogP contribution in [-0.2, 0) is 16.6 Å². The van der Waals surface area contributed by atoms with Gasteiger partial charge in [0, 0.05) is 30.8 Å². The van der Waals surface area contributed by atoms with Gasteiger partial charge in [-0.15, -0.1) is 6.58 Å². The third kappa shape index (κ3) is 5.16. The van der Waals surface area contributed by atoms with Crippen LogP contribution in [0.15, 0.2) is 89.3 Å². The molecule has 0 bridgehead atoms. The predicted molar refractivity (Wildman–Crippen MR) is 146 cm³/mol.